The molecule has 2 aromatic heterocycles. The van der Waals surface area contributed by atoms with Gasteiger partial charge < -0.3 is 14.6 Å². The lowest BCUT2D eigenvalue weighted by Gasteiger charge is -2.09. The molecule has 0 aliphatic carbocycles. The summed E-state index contributed by atoms with van der Waals surface area (Å²) >= 11 is 12.2. The van der Waals surface area contributed by atoms with Crippen LogP contribution in [0.3, 0.4) is 0 Å². The molecule has 0 fully saturated rings. The Balaban J connectivity index is 1.43. The molecule has 2 heterocycles. The summed E-state index contributed by atoms with van der Waals surface area (Å²) in [5.74, 6) is 0.832. The lowest BCUT2D eigenvalue weighted by Crippen LogP contribution is -2.15. The second-order valence-corrected chi connectivity index (χ2v) is 8.56. The number of carbonyl (C=O) groups excluding carboxylic acids is 1. The zero-order chi connectivity index (χ0) is 23.5. The molecule has 170 valence electrons. The number of aryl methyl sites for hydroxylation is 3. The number of aromatic nitrogens is 3. The lowest BCUT2D eigenvalue weighted by atomic mass is 10.1. The second-order valence-electron chi connectivity index (χ2n) is 7.72. The maximum atomic E-state index is 12.9. The van der Waals surface area contributed by atoms with Gasteiger partial charge in [0.25, 0.3) is 5.91 Å². The zero-order valence-electron chi connectivity index (χ0n) is 18.4. The highest BCUT2D eigenvalue weighted by atomic mass is 35.5. The second kappa shape index (κ2) is 9.68. The van der Waals surface area contributed by atoms with Crippen LogP contribution in [0.4, 0.5) is 5.69 Å². The van der Waals surface area contributed by atoms with Crippen molar-refractivity contribution in [1.82, 2.24) is 14.9 Å². The van der Waals surface area contributed by atoms with Gasteiger partial charge in [-0.05, 0) is 61.7 Å². The van der Waals surface area contributed by atoms with Crippen LogP contribution in [-0.4, -0.2) is 20.8 Å². The zero-order valence-corrected chi connectivity index (χ0v) is 19.9. The highest BCUT2D eigenvalue weighted by molar-refractivity contribution is 6.35. The SMILES string of the molecule is Cc1ccc(OCc2c(C(=O)Nc3cnn(Cc4ccc(Cl)cc4Cl)c3)noc2C)cc1C. The smallest absolute Gasteiger partial charge is 0.278 e. The molecule has 1 N–H and O–H groups in total. The molecule has 0 aliphatic rings. The average molecular weight is 485 g/mol. The number of nitrogens with one attached hydrogen (secondary N) is 1. The van der Waals surface area contributed by atoms with E-state index in [1.165, 1.54) is 5.56 Å². The Kier molecular flexibility index (Phi) is 6.72. The fourth-order valence-corrected chi connectivity index (χ4v) is 3.70. The van der Waals surface area contributed by atoms with Crippen LogP contribution in [0.2, 0.25) is 10.0 Å². The van der Waals surface area contributed by atoms with E-state index in [1.807, 2.05) is 38.1 Å². The largest absolute Gasteiger partial charge is 0.489 e. The van der Waals surface area contributed by atoms with Crippen LogP contribution in [0, 0.1) is 20.8 Å². The molecule has 0 saturated heterocycles. The van der Waals surface area contributed by atoms with E-state index in [9.17, 15) is 4.79 Å². The van der Waals surface area contributed by atoms with Crippen LogP contribution >= 0.6 is 23.2 Å². The van der Waals surface area contributed by atoms with Crippen LogP contribution in [0.25, 0.3) is 0 Å². The monoisotopic (exact) mass is 484 g/mol. The Morgan fingerprint density at radius 1 is 1.12 bits per heavy atom. The summed E-state index contributed by atoms with van der Waals surface area (Å²) in [6.07, 6.45) is 3.26. The van der Waals surface area contributed by atoms with Crippen LogP contribution < -0.4 is 10.1 Å². The molecule has 2 aromatic carbocycles. The number of hydrogen-bond donors (Lipinski definition) is 1. The first-order chi connectivity index (χ1) is 15.8. The van der Waals surface area contributed by atoms with Crippen molar-refractivity contribution in [2.24, 2.45) is 0 Å². The van der Waals surface area contributed by atoms with Gasteiger partial charge in [0.05, 0.1) is 24.0 Å². The lowest BCUT2D eigenvalue weighted by molar-refractivity contribution is 0.101. The number of ether oxygens (including phenoxy) is 1. The van der Waals surface area contributed by atoms with Crippen LogP contribution in [-0.2, 0) is 13.2 Å². The molecule has 0 spiro atoms. The maximum Gasteiger partial charge on any atom is 0.278 e. The van der Waals surface area contributed by atoms with Crippen molar-refractivity contribution in [3.8, 4) is 5.75 Å². The fourth-order valence-electron chi connectivity index (χ4n) is 3.23. The highest BCUT2D eigenvalue weighted by Gasteiger charge is 2.21. The van der Waals surface area contributed by atoms with Crippen LogP contribution in [0.15, 0.2) is 53.3 Å². The van der Waals surface area contributed by atoms with E-state index in [1.54, 1.807) is 36.1 Å². The number of rotatable bonds is 7. The molecule has 33 heavy (non-hydrogen) atoms. The first-order valence-corrected chi connectivity index (χ1v) is 11.0. The standard InChI is InChI=1S/C24H22Cl2N4O3/c1-14-4-7-20(8-15(14)2)32-13-21-16(3)33-29-23(21)24(31)28-19-10-27-30(12-19)11-17-5-6-18(25)9-22(17)26/h4-10,12H,11,13H2,1-3H3,(H,28,31). The maximum absolute atomic E-state index is 12.9. The predicted molar refractivity (Wildman–Crippen MR) is 127 cm³/mol. The summed E-state index contributed by atoms with van der Waals surface area (Å²) in [4.78, 5) is 12.9. The van der Waals surface area contributed by atoms with Gasteiger partial charge in [0.2, 0.25) is 0 Å². The van der Waals surface area contributed by atoms with Gasteiger partial charge in [-0.3, -0.25) is 9.48 Å². The van der Waals surface area contributed by atoms with Crippen molar-refractivity contribution in [1.29, 1.82) is 0 Å². The molecule has 7 nitrogen and oxygen atoms in total. The minimum absolute atomic E-state index is 0.162. The van der Waals surface area contributed by atoms with Crippen molar-refractivity contribution in [3.05, 3.63) is 92.5 Å². The number of nitrogens with zero attached hydrogens (tertiary/aromatic N) is 3. The Hall–Kier alpha value is -3.29. The van der Waals surface area contributed by atoms with Crippen LogP contribution in [0.5, 0.6) is 5.75 Å². The molecule has 4 rings (SSSR count). The topological polar surface area (TPSA) is 82.2 Å². The molecule has 0 unspecified atom stereocenters. The fraction of sp³-hybridized carbons (Fsp3) is 0.208. The number of anilines is 1. The van der Waals surface area contributed by atoms with E-state index in [2.05, 4.69) is 15.6 Å². The number of amides is 1. The Morgan fingerprint density at radius 2 is 1.94 bits per heavy atom. The van der Waals surface area contributed by atoms with Gasteiger partial charge >= 0.3 is 0 Å². The third-order valence-electron chi connectivity index (χ3n) is 5.30. The first kappa shape index (κ1) is 22.9. The summed E-state index contributed by atoms with van der Waals surface area (Å²) in [5, 5.41) is 12.1. The van der Waals surface area contributed by atoms with Gasteiger partial charge in [-0.1, -0.05) is 40.5 Å². The van der Waals surface area contributed by atoms with Gasteiger partial charge in [0.15, 0.2) is 5.69 Å². The van der Waals surface area contributed by atoms with E-state index in [-0.39, 0.29) is 12.3 Å². The van der Waals surface area contributed by atoms with E-state index < -0.39 is 5.91 Å². The van der Waals surface area contributed by atoms with Crippen LogP contribution in [0.1, 0.15) is 38.5 Å². The van der Waals surface area contributed by atoms with Crippen molar-refractivity contribution in [3.63, 3.8) is 0 Å². The van der Waals surface area contributed by atoms with Crippen molar-refractivity contribution < 1.29 is 14.1 Å². The van der Waals surface area contributed by atoms with E-state index in [4.69, 9.17) is 32.5 Å². The summed E-state index contributed by atoms with van der Waals surface area (Å²) < 4.78 is 12.8. The Morgan fingerprint density at radius 3 is 2.70 bits per heavy atom. The summed E-state index contributed by atoms with van der Waals surface area (Å²) in [6, 6.07) is 11.1. The quantitative estimate of drug-likeness (QED) is 0.348. The number of halogens is 2. The van der Waals surface area contributed by atoms with Gasteiger partial charge in [-0.25, -0.2) is 0 Å². The molecular weight excluding hydrogens is 463 g/mol. The Labute approximate surface area is 201 Å². The molecule has 0 saturated carbocycles. The minimum atomic E-state index is -0.408. The summed E-state index contributed by atoms with van der Waals surface area (Å²) in [5.41, 5.74) is 4.45. The van der Waals surface area contributed by atoms with Gasteiger partial charge in [-0.2, -0.15) is 5.10 Å². The van der Waals surface area contributed by atoms with Crippen molar-refractivity contribution in [2.45, 2.75) is 33.9 Å². The normalized spacial score (nSPS) is 10.9. The molecular formula is C24H22Cl2N4O3. The van der Waals surface area contributed by atoms with Gasteiger partial charge in [0.1, 0.15) is 18.1 Å². The number of benzene rings is 2. The molecule has 0 aliphatic heterocycles. The average Bonchev–Trinajstić information content (AvgIpc) is 3.37. The van der Waals surface area contributed by atoms with Gasteiger partial charge in [-0.15, -0.1) is 0 Å². The number of hydrogen-bond acceptors (Lipinski definition) is 5. The number of carbonyl (C=O) groups is 1. The van der Waals surface area contributed by atoms with Gasteiger partial charge in [0, 0.05) is 16.2 Å². The highest BCUT2D eigenvalue weighted by Crippen LogP contribution is 2.23. The third-order valence-corrected chi connectivity index (χ3v) is 5.89. The van der Waals surface area contributed by atoms with Crippen molar-refractivity contribution >= 4 is 34.8 Å². The first-order valence-electron chi connectivity index (χ1n) is 10.2. The summed E-state index contributed by atoms with van der Waals surface area (Å²) in [6.45, 7) is 6.40. The van der Waals surface area contributed by atoms with E-state index in [0.717, 1.165) is 11.1 Å². The third kappa shape index (κ3) is 5.38. The Bertz CT molecular complexity index is 1310. The summed E-state index contributed by atoms with van der Waals surface area (Å²) in [7, 11) is 0. The van der Waals surface area contributed by atoms with E-state index in [0.29, 0.717) is 39.4 Å². The molecule has 9 heteroatoms. The molecule has 0 bridgehead atoms. The van der Waals surface area contributed by atoms with E-state index >= 15 is 0 Å². The molecule has 1 amide bonds. The molecule has 4 aromatic rings. The molecule has 0 atom stereocenters. The van der Waals surface area contributed by atoms with Crippen molar-refractivity contribution in [2.75, 3.05) is 5.32 Å². The molecule has 0 radical (unpaired) electrons. The minimum Gasteiger partial charge on any atom is -0.489 e. The predicted octanol–water partition coefficient (Wildman–Crippen LogP) is 5.98.